The summed E-state index contributed by atoms with van der Waals surface area (Å²) in [5.74, 6) is -1.06. The Kier molecular flexibility index (Phi) is 6.70. The number of carbonyl (C=O) groups is 2. The Morgan fingerprint density at radius 1 is 1.23 bits per heavy atom. The van der Waals surface area contributed by atoms with E-state index >= 15 is 0 Å². The van der Waals surface area contributed by atoms with Crippen LogP contribution >= 0.6 is 0 Å². The van der Waals surface area contributed by atoms with E-state index in [4.69, 9.17) is 4.74 Å². The molecule has 35 heavy (non-hydrogen) atoms. The van der Waals surface area contributed by atoms with Crippen LogP contribution in [-0.2, 0) is 10.9 Å². The van der Waals surface area contributed by atoms with Gasteiger partial charge in [0, 0.05) is 30.4 Å². The van der Waals surface area contributed by atoms with Gasteiger partial charge in [0.1, 0.15) is 0 Å². The van der Waals surface area contributed by atoms with E-state index < -0.39 is 23.7 Å². The number of aromatic amines is 1. The second-order valence-corrected chi connectivity index (χ2v) is 8.54. The number of hydrogen-bond donors (Lipinski definition) is 2. The van der Waals surface area contributed by atoms with Crippen molar-refractivity contribution in [2.24, 2.45) is 10.9 Å². The highest BCUT2D eigenvalue weighted by molar-refractivity contribution is 5.95. The van der Waals surface area contributed by atoms with Gasteiger partial charge in [-0.15, -0.1) is 0 Å². The van der Waals surface area contributed by atoms with Gasteiger partial charge in [-0.1, -0.05) is 13.0 Å². The minimum Gasteiger partial charge on any atom is -0.449 e. The molecule has 0 saturated carbocycles. The fourth-order valence-corrected chi connectivity index (χ4v) is 3.97. The smallest absolute Gasteiger partial charge is 0.416 e. The summed E-state index contributed by atoms with van der Waals surface area (Å²) in [5.41, 5.74) is 0.784. The van der Waals surface area contributed by atoms with Gasteiger partial charge in [-0.2, -0.15) is 18.2 Å². The molecule has 1 aliphatic heterocycles. The molecule has 2 N–H and O–H groups in total. The molecule has 2 heterocycles. The Morgan fingerprint density at radius 3 is 2.69 bits per heavy atom. The number of aliphatic hydroxyl groups is 1. The molecule has 4 rings (SSSR count). The first-order valence-electron chi connectivity index (χ1n) is 11.2. The number of halogens is 3. The molecule has 186 valence electrons. The number of benzene rings is 2. The maximum absolute atomic E-state index is 13.1. The monoisotopic (exact) mass is 490 g/mol. The summed E-state index contributed by atoms with van der Waals surface area (Å²) in [6, 6.07) is 9.00. The van der Waals surface area contributed by atoms with E-state index in [1.165, 1.54) is 11.0 Å². The molecule has 2 amide bonds. The molecule has 1 aliphatic rings. The number of amides is 2. The number of ether oxygens (including phenoxy) is 1. The maximum Gasteiger partial charge on any atom is 0.416 e. The summed E-state index contributed by atoms with van der Waals surface area (Å²) in [6.07, 6.45) is -4.36. The largest absolute Gasteiger partial charge is 0.449 e. The molecular formula is C24H25F3N4O4. The van der Waals surface area contributed by atoms with E-state index in [2.05, 4.69) is 9.98 Å². The van der Waals surface area contributed by atoms with Gasteiger partial charge in [-0.05, 0) is 55.7 Å². The van der Waals surface area contributed by atoms with Crippen molar-refractivity contribution in [1.29, 1.82) is 0 Å². The number of nitrogens with one attached hydrogen (secondary N) is 1. The number of anilines is 1. The molecule has 1 aromatic heterocycles. The van der Waals surface area contributed by atoms with Gasteiger partial charge in [-0.3, -0.25) is 9.69 Å². The van der Waals surface area contributed by atoms with E-state index in [-0.39, 0.29) is 29.7 Å². The number of imidazole rings is 1. The molecule has 0 spiro atoms. The number of cyclic esters (lactones) is 1. The zero-order valence-electron chi connectivity index (χ0n) is 19.2. The third-order valence-corrected chi connectivity index (χ3v) is 6.16. The molecule has 8 nitrogen and oxygen atoms in total. The van der Waals surface area contributed by atoms with Crippen LogP contribution in [0.3, 0.4) is 0 Å². The van der Waals surface area contributed by atoms with Crippen LogP contribution in [0, 0.1) is 5.92 Å². The van der Waals surface area contributed by atoms with Crippen molar-refractivity contribution in [1.82, 2.24) is 9.55 Å². The van der Waals surface area contributed by atoms with Crippen LogP contribution in [0.4, 0.5) is 23.7 Å². The average Bonchev–Trinajstić information content (AvgIpc) is 3.19. The lowest BCUT2D eigenvalue weighted by Crippen LogP contribution is -2.37. The molecule has 1 unspecified atom stereocenters. The van der Waals surface area contributed by atoms with Crippen molar-refractivity contribution in [3.63, 3.8) is 0 Å². The summed E-state index contributed by atoms with van der Waals surface area (Å²) in [4.78, 5) is 33.7. The van der Waals surface area contributed by atoms with Gasteiger partial charge in [0.15, 0.2) is 0 Å². The second-order valence-electron chi connectivity index (χ2n) is 8.54. The van der Waals surface area contributed by atoms with Gasteiger partial charge in [-0.25, -0.2) is 4.79 Å². The Morgan fingerprint density at radius 2 is 2.00 bits per heavy atom. The fourth-order valence-electron chi connectivity index (χ4n) is 3.97. The Hall–Kier alpha value is -3.60. The van der Waals surface area contributed by atoms with Crippen molar-refractivity contribution in [2.45, 2.75) is 32.5 Å². The summed E-state index contributed by atoms with van der Waals surface area (Å²) in [6.45, 7) is 4.40. The zero-order chi connectivity index (χ0) is 25.3. The number of aliphatic hydroxyl groups excluding tert-OH is 1. The highest BCUT2D eigenvalue weighted by atomic mass is 19.4. The number of H-pyrrole nitrogens is 1. The van der Waals surface area contributed by atoms with Gasteiger partial charge >= 0.3 is 12.3 Å². The number of alkyl halides is 3. The summed E-state index contributed by atoms with van der Waals surface area (Å²) < 4.78 is 46.1. The molecule has 0 aliphatic carbocycles. The number of fused-ring (bicyclic) bond motifs is 1. The molecule has 1 saturated heterocycles. The second kappa shape index (κ2) is 9.57. The Labute approximate surface area is 198 Å². The zero-order valence-corrected chi connectivity index (χ0v) is 19.2. The predicted molar refractivity (Wildman–Crippen MR) is 122 cm³/mol. The first-order valence-corrected chi connectivity index (χ1v) is 11.2. The quantitative estimate of drug-likeness (QED) is 0.558. The Bertz CT molecular complexity index is 1330. The van der Waals surface area contributed by atoms with Crippen LogP contribution in [0.1, 0.15) is 42.2 Å². The minimum atomic E-state index is -4.59. The van der Waals surface area contributed by atoms with Crippen molar-refractivity contribution in [2.75, 3.05) is 24.7 Å². The van der Waals surface area contributed by atoms with Crippen molar-refractivity contribution in [3.8, 4) is 0 Å². The molecule has 3 aromatic rings. The van der Waals surface area contributed by atoms with Crippen LogP contribution in [-0.4, -0.2) is 46.4 Å². The van der Waals surface area contributed by atoms with Crippen molar-refractivity contribution >= 4 is 28.7 Å². The van der Waals surface area contributed by atoms with Crippen LogP contribution in [0.5, 0.6) is 0 Å². The SMILES string of the molecule is CC(CO)[C@@H](C)n1/c(=N/C(=O)c2cccc(C(F)(F)F)c2)[nH]c2cc(N3CCCOC3=O)ccc21. The first-order chi connectivity index (χ1) is 16.6. The topological polar surface area (TPSA) is 99.9 Å². The Balaban J connectivity index is 1.83. The van der Waals surface area contributed by atoms with Gasteiger partial charge in [0.2, 0.25) is 5.62 Å². The predicted octanol–water partition coefficient (Wildman–Crippen LogP) is 4.27. The van der Waals surface area contributed by atoms with Gasteiger partial charge < -0.3 is 19.4 Å². The number of rotatable bonds is 5. The average molecular weight is 490 g/mol. The van der Waals surface area contributed by atoms with E-state index in [9.17, 15) is 27.9 Å². The number of nitrogens with zero attached hydrogens (tertiary/aromatic N) is 3. The fraction of sp³-hybridized carbons (Fsp3) is 0.375. The van der Waals surface area contributed by atoms with Crippen LogP contribution in [0.2, 0.25) is 0 Å². The van der Waals surface area contributed by atoms with Crippen LogP contribution in [0.25, 0.3) is 11.0 Å². The van der Waals surface area contributed by atoms with Crippen molar-refractivity contribution in [3.05, 3.63) is 59.2 Å². The first kappa shape index (κ1) is 24.5. The molecule has 2 aromatic carbocycles. The maximum atomic E-state index is 13.1. The molecule has 1 fully saturated rings. The molecule has 0 bridgehead atoms. The molecule has 11 heteroatoms. The molecule has 0 radical (unpaired) electrons. The van der Waals surface area contributed by atoms with Crippen LogP contribution < -0.4 is 10.5 Å². The number of carbonyl (C=O) groups excluding carboxylic acids is 2. The van der Waals surface area contributed by atoms with Crippen molar-refractivity contribution < 1.29 is 32.6 Å². The highest BCUT2D eigenvalue weighted by Crippen LogP contribution is 2.30. The van der Waals surface area contributed by atoms with E-state index in [0.717, 1.165) is 18.2 Å². The van der Waals surface area contributed by atoms with E-state index in [1.807, 2.05) is 13.8 Å². The lowest BCUT2D eigenvalue weighted by atomic mass is 10.0. The standard InChI is InChI=1S/C24H25F3N4O4/c1-14(13-32)15(2)31-20-8-7-18(30-9-4-10-35-23(30)34)12-19(20)28-22(31)29-21(33)16-5-3-6-17(11-16)24(25,26)27/h3,5-8,11-12,14-15,32H,4,9-10,13H2,1-2H3,(H,28,29,33)/t14?,15-/m1/s1. The lowest BCUT2D eigenvalue weighted by Gasteiger charge is -2.26. The lowest BCUT2D eigenvalue weighted by molar-refractivity contribution is -0.137. The minimum absolute atomic E-state index is 0.119. The summed E-state index contributed by atoms with van der Waals surface area (Å²) in [5, 5.41) is 9.69. The summed E-state index contributed by atoms with van der Waals surface area (Å²) >= 11 is 0. The van der Waals surface area contributed by atoms with E-state index in [0.29, 0.717) is 36.3 Å². The highest BCUT2D eigenvalue weighted by Gasteiger charge is 2.31. The third-order valence-electron chi connectivity index (χ3n) is 6.16. The van der Waals surface area contributed by atoms with Gasteiger partial charge in [0.25, 0.3) is 5.91 Å². The van der Waals surface area contributed by atoms with E-state index in [1.54, 1.807) is 22.8 Å². The number of aromatic nitrogens is 2. The van der Waals surface area contributed by atoms with Gasteiger partial charge in [0.05, 0.1) is 23.2 Å². The molecule has 2 atom stereocenters. The normalized spacial score (nSPS) is 16.9. The number of hydrogen-bond acceptors (Lipinski definition) is 4. The van der Waals surface area contributed by atoms with Crippen LogP contribution in [0.15, 0.2) is 47.5 Å². The summed E-state index contributed by atoms with van der Waals surface area (Å²) in [7, 11) is 0. The molecular weight excluding hydrogens is 465 g/mol. The third kappa shape index (κ3) is 4.95.